The van der Waals surface area contributed by atoms with Crippen LogP contribution in [0.25, 0.3) is 5.76 Å². The van der Waals surface area contributed by atoms with Gasteiger partial charge in [-0.15, -0.1) is 0 Å². The van der Waals surface area contributed by atoms with Gasteiger partial charge in [-0.3, -0.25) is 14.5 Å². The van der Waals surface area contributed by atoms with Gasteiger partial charge in [-0.05, 0) is 73.9 Å². The van der Waals surface area contributed by atoms with E-state index in [-0.39, 0.29) is 11.3 Å². The number of rotatable bonds is 3. The molecule has 6 nitrogen and oxygen atoms in total. The van der Waals surface area contributed by atoms with Crippen molar-refractivity contribution < 1.29 is 23.8 Å². The Bertz CT molecular complexity index is 1270. The summed E-state index contributed by atoms with van der Waals surface area (Å²) in [5.41, 5.74) is 1.96. The van der Waals surface area contributed by atoms with Gasteiger partial charge in [-0.2, -0.15) is 0 Å². The maximum atomic E-state index is 13.2. The molecule has 32 heavy (non-hydrogen) atoms. The minimum absolute atomic E-state index is 0.000929. The van der Waals surface area contributed by atoms with E-state index in [0.717, 1.165) is 28.6 Å². The Hall–Kier alpha value is -3.32. The average Bonchev–Trinajstić information content (AvgIpc) is 3.33. The smallest absolute Gasteiger partial charge is 0.300 e. The van der Waals surface area contributed by atoms with Gasteiger partial charge in [0.2, 0.25) is 0 Å². The highest BCUT2D eigenvalue weighted by Gasteiger charge is 2.48. The Labute approximate surface area is 193 Å². The van der Waals surface area contributed by atoms with Crippen LogP contribution < -0.4 is 9.64 Å². The first-order valence-corrected chi connectivity index (χ1v) is 11.1. The number of hydrogen-bond acceptors (Lipinski definition) is 5. The fourth-order valence-electron chi connectivity index (χ4n) is 4.26. The summed E-state index contributed by atoms with van der Waals surface area (Å²) in [7, 11) is 0. The number of carbonyl (C=O) groups excluding carboxylic acids is 2. The van der Waals surface area contributed by atoms with Gasteiger partial charge in [0, 0.05) is 15.7 Å². The minimum Gasteiger partial charge on any atom is -0.507 e. The molecular weight excluding hydrogens is 474 g/mol. The fourth-order valence-corrected chi connectivity index (χ4v) is 4.64. The highest BCUT2D eigenvalue weighted by Crippen LogP contribution is 2.43. The molecule has 5 rings (SSSR count). The van der Waals surface area contributed by atoms with Gasteiger partial charge >= 0.3 is 0 Å². The number of hydrogen-bond donors (Lipinski definition) is 1. The number of carbonyl (C=O) groups is 2. The van der Waals surface area contributed by atoms with Crippen molar-refractivity contribution in [2.75, 3.05) is 11.5 Å². The van der Waals surface area contributed by atoms with Crippen LogP contribution in [0.2, 0.25) is 0 Å². The number of ketones is 1. The normalized spacial score (nSPS) is 19.7. The number of aliphatic hydroxyl groups excluding tert-OH is 1. The van der Waals surface area contributed by atoms with E-state index < -0.39 is 17.7 Å². The number of aryl methyl sites for hydroxylation is 2. The lowest BCUT2D eigenvalue weighted by Gasteiger charge is -2.24. The van der Waals surface area contributed by atoms with Gasteiger partial charge < -0.3 is 14.3 Å². The Morgan fingerprint density at radius 3 is 2.72 bits per heavy atom. The van der Waals surface area contributed by atoms with Crippen LogP contribution in [0.3, 0.4) is 0 Å². The zero-order chi connectivity index (χ0) is 22.4. The van der Waals surface area contributed by atoms with Crippen LogP contribution in [-0.4, -0.2) is 23.4 Å². The quantitative estimate of drug-likeness (QED) is 0.304. The largest absolute Gasteiger partial charge is 0.507 e. The van der Waals surface area contributed by atoms with Crippen LogP contribution in [-0.2, 0) is 16.0 Å². The van der Waals surface area contributed by atoms with Crippen molar-refractivity contribution in [2.45, 2.75) is 25.8 Å². The van der Waals surface area contributed by atoms with E-state index in [4.69, 9.17) is 9.15 Å². The number of nitrogens with zero attached hydrogens (tertiary/aromatic N) is 1. The van der Waals surface area contributed by atoms with Crippen molar-refractivity contribution in [3.63, 3.8) is 0 Å². The molecule has 0 saturated carbocycles. The Morgan fingerprint density at radius 1 is 1.12 bits per heavy atom. The molecule has 1 N–H and O–H groups in total. The molecule has 2 aromatic carbocycles. The van der Waals surface area contributed by atoms with E-state index >= 15 is 0 Å². The zero-order valence-corrected chi connectivity index (χ0v) is 18.9. The SMILES string of the molecule is Cc1ccc(C2/C(=C(/O)c3ccc4c(c3)CCCO4)C(=O)C(=O)N2c2cccc(Br)c2)o1. The molecule has 2 aliphatic rings. The van der Waals surface area contributed by atoms with Crippen LogP contribution in [0, 0.1) is 6.92 Å². The number of fused-ring (bicyclic) bond motifs is 1. The number of anilines is 1. The molecule has 0 radical (unpaired) electrons. The molecule has 1 saturated heterocycles. The van der Waals surface area contributed by atoms with Crippen molar-refractivity contribution in [1.82, 2.24) is 0 Å². The van der Waals surface area contributed by atoms with Gasteiger partial charge in [0.1, 0.15) is 29.1 Å². The number of Topliss-reactive ketones (excluding diaryl/α,β-unsaturated/α-hetero) is 1. The van der Waals surface area contributed by atoms with E-state index in [0.29, 0.717) is 29.4 Å². The van der Waals surface area contributed by atoms with Crippen LogP contribution >= 0.6 is 15.9 Å². The predicted molar refractivity (Wildman–Crippen MR) is 123 cm³/mol. The summed E-state index contributed by atoms with van der Waals surface area (Å²) in [6.07, 6.45) is 1.71. The van der Waals surface area contributed by atoms with Crippen molar-refractivity contribution in [3.8, 4) is 5.75 Å². The lowest BCUT2D eigenvalue weighted by Crippen LogP contribution is -2.29. The van der Waals surface area contributed by atoms with Crippen molar-refractivity contribution in [3.05, 3.63) is 87.3 Å². The summed E-state index contributed by atoms with van der Waals surface area (Å²) < 4.78 is 12.2. The second-order valence-electron chi connectivity index (χ2n) is 7.87. The average molecular weight is 494 g/mol. The summed E-state index contributed by atoms with van der Waals surface area (Å²) >= 11 is 3.42. The van der Waals surface area contributed by atoms with E-state index in [1.165, 1.54) is 4.90 Å². The number of halogens is 1. The van der Waals surface area contributed by atoms with Gasteiger partial charge in [-0.25, -0.2) is 0 Å². The van der Waals surface area contributed by atoms with E-state index in [9.17, 15) is 14.7 Å². The minimum atomic E-state index is -0.884. The lowest BCUT2D eigenvalue weighted by molar-refractivity contribution is -0.132. The lowest BCUT2D eigenvalue weighted by atomic mass is 9.96. The Balaban J connectivity index is 1.69. The molecule has 1 unspecified atom stereocenters. The van der Waals surface area contributed by atoms with Crippen LogP contribution in [0.4, 0.5) is 5.69 Å². The van der Waals surface area contributed by atoms with E-state index in [1.807, 2.05) is 12.1 Å². The third kappa shape index (κ3) is 3.42. The number of furan rings is 1. The monoisotopic (exact) mass is 493 g/mol. The second-order valence-corrected chi connectivity index (χ2v) is 8.79. The topological polar surface area (TPSA) is 80.0 Å². The van der Waals surface area contributed by atoms with Crippen molar-refractivity contribution in [1.29, 1.82) is 0 Å². The fraction of sp³-hybridized carbons (Fsp3) is 0.200. The number of aliphatic hydroxyl groups is 1. The maximum absolute atomic E-state index is 13.2. The molecule has 0 bridgehead atoms. The summed E-state index contributed by atoms with van der Waals surface area (Å²) in [6, 6.07) is 15.0. The summed E-state index contributed by atoms with van der Waals surface area (Å²) in [4.78, 5) is 27.7. The third-order valence-electron chi connectivity index (χ3n) is 5.74. The molecule has 0 spiro atoms. The molecular formula is C25H20BrNO5. The summed E-state index contributed by atoms with van der Waals surface area (Å²) in [5, 5.41) is 11.3. The third-order valence-corrected chi connectivity index (χ3v) is 6.24. The first-order valence-electron chi connectivity index (χ1n) is 10.3. The van der Waals surface area contributed by atoms with E-state index in [1.54, 1.807) is 49.4 Å². The number of benzene rings is 2. The first kappa shape index (κ1) is 20.6. The maximum Gasteiger partial charge on any atom is 0.300 e. The molecule has 1 amide bonds. The highest BCUT2D eigenvalue weighted by atomic mass is 79.9. The van der Waals surface area contributed by atoms with E-state index in [2.05, 4.69) is 15.9 Å². The first-order chi connectivity index (χ1) is 15.4. The molecule has 3 aromatic rings. The second kappa shape index (κ2) is 7.98. The van der Waals surface area contributed by atoms with Gasteiger partial charge in [0.05, 0.1) is 12.2 Å². The zero-order valence-electron chi connectivity index (χ0n) is 17.3. The number of amides is 1. The molecule has 2 aliphatic heterocycles. The number of ether oxygens (including phenoxy) is 1. The summed E-state index contributed by atoms with van der Waals surface area (Å²) in [6.45, 7) is 2.45. The summed E-state index contributed by atoms with van der Waals surface area (Å²) in [5.74, 6) is 0.129. The van der Waals surface area contributed by atoms with Crippen LogP contribution in [0.15, 0.2) is 69.1 Å². The Morgan fingerprint density at radius 2 is 1.97 bits per heavy atom. The standard InChI is InChI=1S/C25H20BrNO5/c1-14-7-9-20(32-14)22-21(23(28)16-8-10-19-15(12-16)4-3-11-31-19)24(29)25(30)27(22)18-6-2-5-17(26)13-18/h2,5-10,12-13,22,28H,3-4,11H2,1H3/b23-21-. The van der Waals surface area contributed by atoms with Gasteiger partial charge in [0.25, 0.3) is 11.7 Å². The molecule has 1 aromatic heterocycles. The van der Waals surface area contributed by atoms with Crippen molar-refractivity contribution in [2.24, 2.45) is 0 Å². The molecule has 162 valence electrons. The predicted octanol–water partition coefficient (Wildman–Crippen LogP) is 5.30. The molecule has 1 atom stereocenters. The van der Waals surface area contributed by atoms with Crippen molar-refractivity contribution >= 4 is 39.1 Å². The van der Waals surface area contributed by atoms with Gasteiger partial charge in [-0.1, -0.05) is 22.0 Å². The molecule has 3 heterocycles. The van der Waals surface area contributed by atoms with Crippen LogP contribution in [0.1, 0.15) is 35.1 Å². The highest BCUT2D eigenvalue weighted by molar-refractivity contribution is 9.10. The molecule has 7 heteroatoms. The van der Waals surface area contributed by atoms with Crippen LogP contribution in [0.5, 0.6) is 5.75 Å². The van der Waals surface area contributed by atoms with Gasteiger partial charge in [0.15, 0.2) is 0 Å². The molecule has 0 aliphatic carbocycles. The molecule has 1 fully saturated rings. The Kier molecular flexibility index (Phi) is 5.13.